The summed E-state index contributed by atoms with van der Waals surface area (Å²) < 4.78 is 5.21. The van der Waals surface area contributed by atoms with Crippen LogP contribution in [0.15, 0.2) is 18.2 Å². The molecule has 1 unspecified atom stereocenters. The first kappa shape index (κ1) is 13.4. The minimum absolute atomic E-state index is 0.0359. The third kappa shape index (κ3) is 2.69. The van der Waals surface area contributed by atoms with Crippen molar-refractivity contribution in [3.63, 3.8) is 0 Å². The van der Waals surface area contributed by atoms with E-state index in [-0.39, 0.29) is 5.91 Å². The monoisotopic (exact) mass is 259 g/mol. The molecule has 1 heterocycles. The van der Waals surface area contributed by atoms with Gasteiger partial charge >= 0.3 is 0 Å². The molecule has 1 aliphatic heterocycles. The quantitative estimate of drug-likeness (QED) is 0.879. The first-order valence-corrected chi connectivity index (χ1v) is 6.21. The van der Waals surface area contributed by atoms with Gasteiger partial charge in [-0.15, -0.1) is 0 Å². The number of hydrogen-bond donors (Lipinski definition) is 1. The number of nitrogens with zero attached hydrogens (tertiary/aromatic N) is 2. The lowest BCUT2D eigenvalue weighted by Gasteiger charge is -2.31. The largest absolute Gasteiger partial charge is 0.496 e. The highest BCUT2D eigenvalue weighted by molar-refractivity contribution is 5.80. The highest BCUT2D eigenvalue weighted by Crippen LogP contribution is 2.26. The summed E-state index contributed by atoms with van der Waals surface area (Å²) in [6.45, 7) is 3.50. The van der Waals surface area contributed by atoms with Crippen molar-refractivity contribution in [3.05, 3.63) is 29.3 Å². The number of amides is 1. The Morgan fingerprint density at radius 2 is 2.32 bits per heavy atom. The lowest BCUT2D eigenvalue weighted by atomic mass is 10.0. The molecular weight excluding hydrogens is 242 g/mol. The third-order valence-corrected chi connectivity index (χ3v) is 3.29. The van der Waals surface area contributed by atoms with Gasteiger partial charge in [0.1, 0.15) is 11.8 Å². The van der Waals surface area contributed by atoms with Crippen LogP contribution in [0, 0.1) is 18.3 Å². The van der Waals surface area contributed by atoms with Crippen molar-refractivity contribution >= 4 is 5.91 Å². The van der Waals surface area contributed by atoms with Crippen molar-refractivity contribution in [1.29, 1.82) is 5.26 Å². The van der Waals surface area contributed by atoms with Crippen LogP contribution in [-0.4, -0.2) is 37.6 Å². The number of hydrogen-bond acceptors (Lipinski definition) is 4. The Morgan fingerprint density at radius 3 is 2.89 bits per heavy atom. The number of carbonyl (C=O) groups is 1. The summed E-state index contributed by atoms with van der Waals surface area (Å²) in [6.07, 6.45) is 0. The van der Waals surface area contributed by atoms with E-state index in [0.29, 0.717) is 13.1 Å². The molecule has 1 atom stereocenters. The molecule has 1 N–H and O–H groups in total. The molecule has 0 saturated carbocycles. The topological polar surface area (TPSA) is 65.4 Å². The van der Waals surface area contributed by atoms with Crippen LogP contribution >= 0.6 is 0 Å². The molecule has 5 nitrogen and oxygen atoms in total. The van der Waals surface area contributed by atoms with Crippen LogP contribution in [0.2, 0.25) is 0 Å². The van der Waals surface area contributed by atoms with Gasteiger partial charge in [0.05, 0.1) is 19.7 Å². The molecule has 0 aliphatic carbocycles. The fourth-order valence-corrected chi connectivity index (χ4v) is 2.29. The van der Waals surface area contributed by atoms with E-state index < -0.39 is 6.04 Å². The summed E-state index contributed by atoms with van der Waals surface area (Å²) in [5, 5.41) is 12.4. The van der Waals surface area contributed by atoms with Gasteiger partial charge in [-0.05, 0) is 30.2 Å². The highest BCUT2D eigenvalue weighted by Gasteiger charge is 2.27. The molecule has 1 aliphatic rings. The van der Waals surface area contributed by atoms with E-state index in [1.165, 1.54) is 0 Å². The second kappa shape index (κ2) is 5.72. The van der Waals surface area contributed by atoms with Crippen LogP contribution in [0.3, 0.4) is 0 Å². The smallest absolute Gasteiger partial charge is 0.237 e. The van der Waals surface area contributed by atoms with E-state index in [0.717, 1.165) is 23.4 Å². The zero-order valence-electron chi connectivity index (χ0n) is 11.1. The summed E-state index contributed by atoms with van der Waals surface area (Å²) in [6, 6.07) is 7.27. The Bertz CT molecular complexity index is 522. The number of methoxy groups -OCH3 is 1. The lowest BCUT2D eigenvalue weighted by molar-refractivity contribution is -0.133. The molecule has 2 rings (SSSR count). The lowest BCUT2D eigenvalue weighted by Crippen LogP contribution is -2.49. The molecule has 1 saturated heterocycles. The van der Waals surface area contributed by atoms with Crippen molar-refractivity contribution in [2.24, 2.45) is 0 Å². The molecule has 0 spiro atoms. The molecule has 1 amide bonds. The minimum Gasteiger partial charge on any atom is -0.496 e. The molecule has 1 fully saturated rings. The van der Waals surface area contributed by atoms with Crippen molar-refractivity contribution in [2.75, 3.05) is 26.7 Å². The maximum atomic E-state index is 11.9. The number of nitrogens with one attached hydrogen (secondary N) is 1. The number of ether oxygens (including phenoxy) is 1. The molecule has 1 aromatic carbocycles. The normalized spacial score (nSPS) is 16.9. The number of benzene rings is 1. The number of aryl methyl sites for hydroxylation is 1. The van der Waals surface area contributed by atoms with Crippen molar-refractivity contribution in [3.8, 4) is 11.8 Å². The van der Waals surface area contributed by atoms with Crippen LogP contribution in [0.25, 0.3) is 0 Å². The van der Waals surface area contributed by atoms with Gasteiger partial charge in [0.25, 0.3) is 0 Å². The average Bonchev–Trinajstić information content (AvgIpc) is 2.42. The van der Waals surface area contributed by atoms with Crippen molar-refractivity contribution < 1.29 is 9.53 Å². The van der Waals surface area contributed by atoms with E-state index in [1.54, 1.807) is 12.0 Å². The number of rotatable bonds is 3. The SMILES string of the molecule is COc1ccc(C(C#N)N2CCNCC2=O)cc1C. The summed E-state index contributed by atoms with van der Waals surface area (Å²) in [5.41, 5.74) is 1.79. The number of nitriles is 1. The first-order chi connectivity index (χ1) is 9.17. The molecule has 100 valence electrons. The Kier molecular flexibility index (Phi) is 4.03. The summed E-state index contributed by atoms with van der Waals surface area (Å²) in [5.74, 6) is 0.748. The Labute approximate surface area is 112 Å². The minimum atomic E-state index is -0.529. The number of carbonyl (C=O) groups excluding carboxylic acids is 1. The number of piperazine rings is 1. The van der Waals surface area contributed by atoms with Gasteiger partial charge in [-0.2, -0.15) is 5.26 Å². The Morgan fingerprint density at radius 1 is 1.53 bits per heavy atom. The van der Waals surface area contributed by atoms with E-state index >= 15 is 0 Å². The van der Waals surface area contributed by atoms with Gasteiger partial charge in [-0.3, -0.25) is 4.79 Å². The van der Waals surface area contributed by atoms with Gasteiger partial charge in [-0.1, -0.05) is 6.07 Å². The van der Waals surface area contributed by atoms with Gasteiger partial charge in [-0.25, -0.2) is 0 Å². The fraction of sp³-hybridized carbons (Fsp3) is 0.429. The summed E-state index contributed by atoms with van der Waals surface area (Å²) in [4.78, 5) is 13.5. The average molecular weight is 259 g/mol. The summed E-state index contributed by atoms with van der Waals surface area (Å²) in [7, 11) is 1.61. The van der Waals surface area contributed by atoms with Gasteiger partial charge in [0.15, 0.2) is 0 Å². The maximum absolute atomic E-state index is 11.9. The Balaban J connectivity index is 2.29. The zero-order valence-corrected chi connectivity index (χ0v) is 11.1. The van der Waals surface area contributed by atoms with Crippen LogP contribution in [0.5, 0.6) is 5.75 Å². The fourth-order valence-electron chi connectivity index (χ4n) is 2.29. The van der Waals surface area contributed by atoms with Crippen LogP contribution in [-0.2, 0) is 4.79 Å². The molecule has 19 heavy (non-hydrogen) atoms. The van der Waals surface area contributed by atoms with Crippen molar-refractivity contribution in [2.45, 2.75) is 13.0 Å². The highest BCUT2D eigenvalue weighted by atomic mass is 16.5. The second-order valence-corrected chi connectivity index (χ2v) is 4.52. The molecular formula is C14H17N3O2. The van der Waals surface area contributed by atoms with Crippen LogP contribution < -0.4 is 10.1 Å². The molecule has 0 bridgehead atoms. The summed E-state index contributed by atoms with van der Waals surface area (Å²) >= 11 is 0. The third-order valence-electron chi connectivity index (χ3n) is 3.29. The van der Waals surface area contributed by atoms with Crippen LogP contribution in [0.4, 0.5) is 0 Å². The van der Waals surface area contributed by atoms with E-state index in [4.69, 9.17) is 4.74 Å². The second-order valence-electron chi connectivity index (χ2n) is 4.52. The first-order valence-electron chi connectivity index (χ1n) is 6.21. The standard InChI is InChI=1S/C14H17N3O2/c1-10-7-11(3-4-13(10)19-2)12(8-15)17-6-5-16-9-14(17)18/h3-4,7,12,16H,5-6,9H2,1-2H3. The van der Waals surface area contributed by atoms with E-state index in [1.807, 2.05) is 25.1 Å². The predicted octanol–water partition coefficient (Wildman–Crippen LogP) is 1.00. The van der Waals surface area contributed by atoms with Gasteiger partial charge in [0.2, 0.25) is 5.91 Å². The Hall–Kier alpha value is -2.06. The van der Waals surface area contributed by atoms with E-state index in [2.05, 4.69) is 11.4 Å². The predicted molar refractivity (Wildman–Crippen MR) is 70.7 cm³/mol. The van der Waals surface area contributed by atoms with Gasteiger partial charge < -0.3 is 15.0 Å². The van der Waals surface area contributed by atoms with Gasteiger partial charge in [0, 0.05) is 13.1 Å². The maximum Gasteiger partial charge on any atom is 0.237 e. The molecule has 5 heteroatoms. The molecule has 0 radical (unpaired) electrons. The van der Waals surface area contributed by atoms with Crippen molar-refractivity contribution in [1.82, 2.24) is 10.2 Å². The van der Waals surface area contributed by atoms with E-state index in [9.17, 15) is 10.1 Å². The molecule has 1 aromatic rings. The van der Waals surface area contributed by atoms with Crippen LogP contribution in [0.1, 0.15) is 17.2 Å². The molecule has 0 aromatic heterocycles. The zero-order chi connectivity index (χ0) is 13.8.